The van der Waals surface area contributed by atoms with Gasteiger partial charge in [-0.2, -0.15) is 18.3 Å². The highest BCUT2D eigenvalue weighted by Crippen LogP contribution is 2.31. The van der Waals surface area contributed by atoms with E-state index in [0.717, 1.165) is 24.3 Å². The summed E-state index contributed by atoms with van der Waals surface area (Å²) in [6, 6.07) is 16.8. The molecule has 3 N–H and O–H groups in total. The fraction of sp³-hybridized carbons (Fsp3) is 0.143. The van der Waals surface area contributed by atoms with Gasteiger partial charge in [-0.15, -0.1) is 0 Å². The zero-order valence-electron chi connectivity index (χ0n) is 21.0. The molecule has 4 rings (SSSR count). The molecule has 8 nitrogen and oxygen atoms in total. The highest BCUT2D eigenvalue weighted by Gasteiger charge is 2.30. The molecule has 0 aliphatic carbocycles. The summed E-state index contributed by atoms with van der Waals surface area (Å²) >= 11 is 12.2. The van der Waals surface area contributed by atoms with Crippen molar-refractivity contribution >= 4 is 46.7 Å². The van der Waals surface area contributed by atoms with Crippen molar-refractivity contribution in [2.45, 2.75) is 19.1 Å². The van der Waals surface area contributed by atoms with E-state index >= 15 is 0 Å². The number of amides is 2. The van der Waals surface area contributed by atoms with Crippen LogP contribution in [0.15, 0.2) is 72.8 Å². The van der Waals surface area contributed by atoms with E-state index in [-0.39, 0.29) is 35.9 Å². The minimum atomic E-state index is -4.51. The van der Waals surface area contributed by atoms with Gasteiger partial charge in [-0.05, 0) is 60.2 Å². The number of anilines is 1. The molecule has 1 aromatic heterocycles. The third-order valence-corrected chi connectivity index (χ3v) is 6.61. The second-order valence-corrected chi connectivity index (χ2v) is 9.64. The van der Waals surface area contributed by atoms with Crippen molar-refractivity contribution in [3.63, 3.8) is 0 Å². The minimum absolute atomic E-state index is 0.0158. The molecule has 13 heteroatoms. The summed E-state index contributed by atoms with van der Waals surface area (Å²) in [4.78, 5) is 36.1. The number of halogens is 5. The molecule has 212 valence electrons. The minimum Gasteiger partial charge on any atom is -0.481 e. The van der Waals surface area contributed by atoms with E-state index in [1.807, 2.05) is 0 Å². The molecule has 0 radical (unpaired) electrons. The van der Waals surface area contributed by atoms with Crippen LogP contribution in [-0.4, -0.2) is 39.2 Å². The predicted octanol–water partition coefficient (Wildman–Crippen LogP) is 6.38. The molecular weight excluding hydrogens is 584 g/mol. The Hall–Kier alpha value is -4.35. The molecule has 0 unspecified atom stereocenters. The van der Waals surface area contributed by atoms with Gasteiger partial charge in [-0.1, -0.05) is 41.4 Å². The second-order valence-electron chi connectivity index (χ2n) is 8.83. The number of alkyl halides is 3. The molecule has 1 heterocycles. The molecule has 0 saturated carbocycles. The van der Waals surface area contributed by atoms with Crippen LogP contribution in [-0.2, 0) is 17.5 Å². The zero-order chi connectivity index (χ0) is 29.7. The standard InChI is InChI=1S/C28H21Cl2F3N4O4/c29-21-10-5-18(13-22(21)30)23-14-24(27(41)35-20-8-6-19(7-9-20)28(31,32)33)37(36-23)15-16-1-3-17(4-2-16)26(40)34-12-11-25(38)39/h1-10,13-14H,11-12,15H2,(H,34,40)(H,35,41)(H,38,39). The lowest BCUT2D eigenvalue weighted by atomic mass is 10.1. The van der Waals surface area contributed by atoms with Gasteiger partial charge >= 0.3 is 12.1 Å². The number of nitrogens with zero attached hydrogens (tertiary/aromatic N) is 2. The molecule has 4 aromatic rings. The van der Waals surface area contributed by atoms with Gasteiger partial charge in [-0.3, -0.25) is 19.1 Å². The Morgan fingerprint density at radius 1 is 0.878 bits per heavy atom. The predicted molar refractivity (Wildman–Crippen MR) is 147 cm³/mol. The number of carboxylic acid groups (broad SMARTS) is 1. The van der Waals surface area contributed by atoms with Gasteiger partial charge in [0.25, 0.3) is 11.8 Å². The van der Waals surface area contributed by atoms with E-state index in [4.69, 9.17) is 28.3 Å². The van der Waals surface area contributed by atoms with E-state index in [1.165, 1.54) is 10.7 Å². The van der Waals surface area contributed by atoms with Crippen molar-refractivity contribution in [1.82, 2.24) is 15.1 Å². The lowest BCUT2D eigenvalue weighted by Gasteiger charge is -2.11. The maximum Gasteiger partial charge on any atom is 0.416 e. The first kappa shape index (κ1) is 29.6. The van der Waals surface area contributed by atoms with Gasteiger partial charge in [0.1, 0.15) is 5.69 Å². The SMILES string of the molecule is O=C(O)CCNC(=O)c1ccc(Cn2nc(-c3ccc(Cl)c(Cl)c3)cc2C(=O)Nc2ccc(C(F)(F)F)cc2)cc1. The lowest BCUT2D eigenvalue weighted by molar-refractivity contribution is -0.138. The Morgan fingerprint density at radius 3 is 2.17 bits per heavy atom. The number of rotatable bonds is 9. The van der Waals surface area contributed by atoms with Crippen LogP contribution in [0.1, 0.15) is 38.4 Å². The van der Waals surface area contributed by atoms with Crippen molar-refractivity contribution in [3.8, 4) is 11.3 Å². The molecule has 2 amide bonds. The summed E-state index contributed by atoms with van der Waals surface area (Å²) in [6.07, 6.45) is -4.72. The lowest BCUT2D eigenvalue weighted by Crippen LogP contribution is -2.26. The Labute approximate surface area is 241 Å². The van der Waals surface area contributed by atoms with Gasteiger partial charge in [0, 0.05) is 23.4 Å². The quantitative estimate of drug-likeness (QED) is 0.205. The van der Waals surface area contributed by atoms with Crippen LogP contribution in [0, 0.1) is 0 Å². The van der Waals surface area contributed by atoms with Crippen molar-refractivity contribution in [1.29, 1.82) is 0 Å². The van der Waals surface area contributed by atoms with Crippen LogP contribution in [0.5, 0.6) is 0 Å². The average molecular weight is 605 g/mol. The van der Waals surface area contributed by atoms with Gasteiger partial charge in [0.05, 0.1) is 34.3 Å². The smallest absolute Gasteiger partial charge is 0.416 e. The van der Waals surface area contributed by atoms with E-state index < -0.39 is 29.5 Å². The average Bonchev–Trinajstić information content (AvgIpc) is 3.34. The Morgan fingerprint density at radius 2 is 1.56 bits per heavy atom. The van der Waals surface area contributed by atoms with Gasteiger partial charge in [0.15, 0.2) is 0 Å². The zero-order valence-corrected chi connectivity index (χ0v) is 22.5. The first-order valence-electron chi connectivity index (χ1n) is 12.0. The van der Waals surface area contributed by atoms with E-state index in [9.17, 15) is 27.6 Å². The van der Waals surface area contributed by atoms with Crippen LogP contribution >= 0.6 is 23.2 Å². The van der Waals surface area contributed by atoms with Crippen LogP contribution in [0.3, 0.4) is 0 Å². The number of carbonyl (C=O) groups is 3. The number of nitrogens with one attached hydrogen (secondary N) is 2. The number of benzene rings is 3. The molecule has 0 aliphatic heterocycles. The van der Waals surface area contributed by atoms with Crippen molar-refractivity contribution in [2.24, 2.45) is 0 Å². The van der Waals surface area contributed by atoms with Gasteiger partial charge < -0.3 is 15.7 Å². The summed E-state index contributed by atoms with van der Waals surface area (Å²) in [5.74, 6) is -2.08. The fourth-order valence-corrected chi connectivity index (χ4v) is 4.07. The Balaban J connectivity index is 1.59. The molecule has 0 bridgehead atoms. The molecule has 0 atom stereocenters. The van der Waals surface area contributed by atoms with E-state index in [1.54, 1.807) is 42.5 Å². The van der Waals surface area contributed by atoms with Crippen LogP contribution in [0.25, 0.3) is 11.3 Å². The van der Waals surface area contributed by atoms with E-state index in [2.05, 4.69) is 15.7 Å². The number of hydrogen-bond donors (Lipinski definition) is 3. The highest BCUT2D eigenvalue weighted by molar-refractivity contribution is 6.42. The third kappa shape index (κ3) is 7.65. The maximum absolute atomic E-state index is 13.2. The molecule has 3 aromatic carbocycles. The molecule has 0 spiro atoms. The van der Waals surface area contributed by atoms with Crippen molar-refractivity contribution < 1.29 is 32.7 Å². The fourth-order valence-electron chi connectivity index (χ4n) is 3.77. The summed E-state index contributed by atoms with van der Waals surface area (Å²) in [5.41, 5.74) is 1.40. The second kappa shape index (κ2) is 12.4. The molecular formula is C28H21Cl2F3N4O4. The molecule has 41 heavy (non-hydrogen) atoms. The maximum atomic E-state index is 13.2. The normalized spacial score (nSPS) is 11.2. The van der Waals surface area contributed by atoms with Crippen molar-refractivity contribution in [3.05, 3.63) is 105 Å². The first-order chi connectivity index (χ1) is 19.4. The van der Waals surface area contributed by atoms with Crippen LogP contribution in [0.4, 0.5) is 18.9 Å². The number of aromatic nitrogens is 2. The number of aliphatic carboxylic acids is 1. The van der Waals surface area contributed by atoms with Gasteiger partial charge in [0.2, 0.25) is 0 Å². The largest absolute Gasteiger partial charge is 0.481 e. The third-order valence-electron chi connectivity index (χ3n) is 5.87. The Bertz CT molecular complexity index is 1590. The summed E-state index contributed by atoms with van der Waals surface area (Å²) < 4.78 is 40.2. The van der Waals surface area contributed by atoms with Crippen LogP contribution in [0.2, 0.25) is 10.0 Å². The summed E-state index contributed by atoms with van der Waals surface area (Å²) in [6.45, 7) is 0.0934. The number of carbonyl (C=O) groups excluding carboxylic acids is 2. The van der Waals surface area contributed by atoms with Crippen molar-refractivity contribution in [2.75, 3.05) is 11.9 Å². The summed E-state index contributed by atoms with van der Waals surface area (Å²) in [5, 5.41) is 19.0. The molecule has 0 saturated heterocycles. The Kier molecular flexibility index (Phi) is 8.99. The first-order valence-corrected chi connectivity index (χ1v) is 12.8. The topological polar surface area (TPSA) is 113 Å². The monoisotopic (exact) mass is 604 g/mol. The number of carboxylic acids is 1. The molecule has 0 aliphatic rings. The van der Waals surface area contributed by atoms with Crippen LogP contribution < -0.4 is 10.6 Å². The van der Waals surface area contributed by atoms with Gasteiger partial charge in [-0.25, -0.2) is 0 Å². The van der Waals surface area contributed by atoms with E-state index in [0.29, 0.717) is 27.4 Å². The highest BCUT2D eigenvalue weighted by atomic mass is 35.5. The summed E-state index contributed by atoms with van der Waals surface area (Å²) in [7, 11) is 0. The number of hydrogen-bond acceptors (Lipinski definition) is 4. The molecule has 0 fully saturated rings.